The Bertz CT molecular complexity index is 881. The molecule has 0 aliphatic heterocycles. The first-order chi connectivity index (χ1) is 11.9. The fourth-order valence-electron chi connectivity index (χ4n) is 2.41. The molecule has 0 saturated carbocycles. The number of nitrogens with zero attached hydrogens (tertiary/aromatic N) is 3. The number of hydrogen-bond donors (Lipinski definition) is 1. The second-order valence-corrected chi connectivity index (χ2v) is 7.44. The minimum Gasteiger partial charge on any atom is -0.441 e. The molecule has 0 aliphatic carbocycles. The van der Waals surface area contributed by atoms with E-state index in [4.69, 9.17) is 4.42 Å². The number of hydrogen-bond acceptors (Lipinski definition) is 6. The quantitative estimate of drug-likeness (QED) is 0.394. The lowest BCUT2D eigenvalue weighted by atomic mass is 10.3. The van der Waals surface area contributed by atoms with Gasteiger partial charge in [-0.15, -0.1) is 16.4 Å². The molecule has 4 rings (SSSR count). The topological polar surface area (TPSA) is 67.6 Å². The van der Waals surface area contributed by atoms with Crippen LogP contribution in [0, 0.1) is 0 Å². The van der Waals surface area contributed by atoms with Crippen LogP contribution in [0.2, 0.25) is 0 Å². The Labute approximate surface area is 147 Å². The van der Waals surface area contributed by atoms with Crippen LogP contribution in [0.1, 0.15) is 23.0 Å². The van der Waals surface area contributed by atoms with Crippen molar-refractivity contribution in [3.05, 3.63) is 58.4 Å². The summed E-state index contributed by atoms with van der Waals surface area (Å²) in [5.41, 5.74) is 1.78. The van der Waals surface area contributed by atoms with E-state index in [9.17, 15) is 0 Å². The van der Waals surface area contributed by atoms with Crippen LogP contribution >= 0.6 is 23.1 Å². The third-order valence-electron chi connectivity index (χ3n) is 3.54. The van der Waals surface area contributed by atoms with E-state index in [1.807, 2.05) is 24.3 Å². The number of aromatic nitrogens is 4. The molecule has 5 nitrogen and oxygen atoms in total. The molecule has 0 fully saturated rings. The fraction of sp³-hybridized carbons (Fsp3) is 0.235. The highest BCUT2D eigenvalue weighted by molar-refractivity contribution is 7.99. The van der Waals surface area contributed by atoms with Crippen LogP contribution in [0.4, 0.5) is 0 Å². The highest BCUT2D eigenvalue weighted by Gasteiger charge is 2.07. The Kier molecular flexibility index (Phi) is 4.62. The second kappa shape index (κ2) is 7.19. The number of thiophene rings is 1. The average molecular weight is 356 g/mol. The summed E-state index contributed by atoms with van der Waals surface area (Å²) >= 11 is 3.40. The van der Waals surface area contributed by atoms with Crippen LogP contribution in [-0.4, -0.2) is 25.9 Å². The van der Waals surface area contributed by atoms with E-state index in [0.717, 1.165) is 53.0 Å². The summed E-state index contributed by atoms with van der Waals surface area (Å²) in [5, 5.41) is 10.2. The lowest BCUT2D eigenvalue weighted by Gasteiger charge is -1.95. The van der Waals surface area contributed by atoms with Gasteiger partial charge in [-0.05, 0) is 30.0 Å². The molecule has 3 heterocycles. The zero-order chi connectivity index (χ0) is 16.2. The number of fused-ring (bicyclic) bond motifs is 1. The first kappa shape index (κ1) is 15.4. The normalized spacial score (nSPS) is 11.3. The van der Waals surface area contributed by atoms with Crippen LogP contribution < -0.4 is 0 Å². The zero-order valence-electron chi connectivity index (χ0n) is 12.9. The van der Waals surface area contributed by atoms with Gasteiger partial charge in [-0.2, -0.15) is 0 Å². The maximum Gasteiger partial charge on any atom is 0.208 e. The molecule has 1 aromatic carbocycles. The molecule has 0 spiro atoms. The third kappa shape index (κ3) is 3.68. The summed E-state index contributed by atoms with van der Waals surface area (Å²) in [6.45, 7) is 0. The fourth-order valence-corrected chi connectivity index (χ4v) is 3.88. The maximum atomic E-state index is 5.73. The van der Waals surface area contributed by atoms with Gasteiger partial charge in [0.1, 0.15) is 11.3 Å². The first-order valence-corrected chi connectivity index (χ1v) is 9.64. The van der Waals surface area contributed by atoms with Crippen molar-refractivity contribution in [2.45, 2.75) is 24.4 Å². The lowest BCUT2D eigenvalue weighted by molar-refractivity contribution is 0.526. The van der Waals surface area contributed by atoms with E-state index in [0.29, 0.717) is 0 Å². The van der Waals surface area contributed by atoms with Gasteiger partial charge < -0.3 is 4.42 Å². The number of benzene rings is 1. The van der Waals surface area contributed by atoms with Crippen molar-refractivity contribution >= 4 is 34.2 Å². The summed E-state index contributed by atoms with van der Waals surface area (Å²) in [5.74, 6) is 2.65. The number of para-hydroxylation sites is 2. The van der Waals surface area contributed by atoms with Crippen LogP contribution in [0.5, 0.6) is 0 Å². The van der Waals surface area contributed by atoms with Gasteiger partial charge in [-0.3, -0.25) is 5.10 Å². The number of rotatable bonds is 7. The highest BCUT2D eigenvalue weighted by atomic mass is 32.2. The average Bonchev–Trinajstić information content (AvgIpc) is 3.32. The van der Waals surface area contributed by atoms with Gasteiger partial charge in [0.05, 0.1) is 0 Å². The monoisotopic (exact) mass is 356 g/mol. The maximum absolute atomic E-state index is 5.73. The third-order valence-corrected chi connectivity index (χ3v) is 5.35. The molecule has 0 saturated heterocycles. The van der Waals surface area contributed by atoms with Crippen molar-refractivity contribution in [1.29, 1.82) is 0 Å². The van der Waals surface area contributed by atoms with Crippen molar-refractivity contribution in [3.63, 3.8) is 0 Å². The molecule has 4 aromatic rings. The van der Waals surface area contributed by atoms with Crippen molar-refractivity contribution in [3.8, 4) is 0 Å². The number of thioether (sulfide) groups is 1. The van der Waals surface area contributed by atoms with Crippen molar-refractivity contribution in [2.24, 2.45) is 0 Å². The van der Waals surface area contributed by atoms with Crippen LogP contribution in [0.15, 0.2) is 51.4 Å². The SMILES string of the molecule is c1csc(Cc2nc(SCCCc3nc4ccccc4o3)n[nH]2)c1. The Morgan fingerprint density at radius 2 is 2.08 bits per heavy atom. The predicted octanol–water partition coefficient (Wildman–Crippen LogP) is 4.32. The molecule has 0 atom stereocenters. The van der Waals surface area contributed by atoms with Gasteiger partial charge in [0.15, 0.2) is 11.5 Å². The summed E-state index contributed by atoms with van der Waals surface area (Å²) in [7, 11) is 0. The molecule has 24 heavy (non-hydrogen) atoms. The van der Waals surface area contributed by atoms with Gasteiger partial charge in [0, 0.05) is 23.5 Å². The molecule has 0 bridgehead atoms. The van der Waals surface area contributed by atoms with Crippen molar-refractivity contribution in [1.82, 2.24) is 20.2 Å². The minimum atomic E-state index is 0.796. The molecular weight excluding hydrogens is 340 g/mol. The van der Waals surface area contributed by atoms with E-state index in [1.165, 1.54) is 4.88 Å². The molecular formula is C17H16N4OS2. The summed E-state index contributed by atoms with van der Waals surface area (Å²) < 4.78 is 5.73. The van der Waals surface area contributed by atoms with Gasteiger partial charge in [-0.1, -0.05) is 30.0 Å². The number of aromatic amines is 1. The molecule has 3 aromatic heterocycles. The zero-order valence-corrected chi connectivity index (χ0v) is 14.6. The van der Waals surface area contributed by atoms with Gasteiger partial charge in [0.2, 0.25) is 5.16 Å². The first-order valence-electron chi connectivity index (χ1n) is 7.78. The lowest BCUT2D eigenvalue weighted by Crippen LogP contribution is -1.89. The van der Waals surface area contributed by atoms with Gasteiger partial charge in [-0.25, -0.2) is 9.97 Å². The Morgan fingerprint density at radius 3 is 2.96 bits per heavy atom. The van der Waals surface area contributed by atoms with Crippen LogP contribution in [0.25, 0.3) is 11.1 Å². The molecule has 122 valence electrons. The van der Waals surface area contributed by atoms with Gasteiger partial charge in [0.25, 0.3) is 0 Å². The van der Waals surface area contributed by atoms with E-state index in [-0.39, 0.29) is 0 Å². The second-order valence-electron chi connectivity index (χ2n) is 5.35. The van der Waals surface area contributed by atoms with E-state index in [2.05, 4.69) is 37.7 Å². The number of oxazole rings is 1. The molecule has 0 unspecified atom stereocenters. The van der Waals surface area contributed by atoms with Crippen LogP contribution in [0.3, 0.4) is 0 Å². The van der Waals surface area contributed by atoms with E-state index < -0.39 is 0 Å². The smallest absolute Gasteiger partial charge is 0.208 e. The summed E-state index contributed by atoms with van der Waals surface area (Å²) in [6, 6.07) is 12.0. The standard InChI is InChI=1S/C17H16N4OS2/c1-2-7-14-13(6-1)18-16(22-14)8-4-10-24-17-19-15(20-21-17)11-12-5-3-9-23-12/h1-3,5-7,9H,4,8,10-11H2,(H,19,20,21). The van der Waals surface area contributed by atoms with Crippen molar-refractivity contribution < 1.29 is 4.42 Å². The van der Waals surface area contributed by atoms with Crippen molar-refractivity contribution in [2.75, 3.05) is 5.75 Å². The predicted molar refractivity (Wildman–Crippen MR) is 96.6 cm³/mol. The highest BCUT2D eigenvalue weighted by Crippen LogP contribution is 2.19. The number of H-pyrrole nitrogens is 1. The summed E-state index contributed by atoms with van der Waals surface area (Å²) in [4.78, 5) is 10.3. The largest absolute Gasteiger partial charge is 0.441 e. The molecule has 0 amide bonds. The Morgan fingerprint density at radius 1 is 1.12 bits per heavy atom. The Hall–Kier alpha value is -2.12. The molecule has 0 aliphatic rings. The van der Waals surface area contributed by atoms with E-state index >= 15 is 0 Å². The molecule has 0 radical (unpaired) electrons. The molecule has 1 N–H and O–H groups in total. The van der Waals surface area contributed by atoms with Crippen LogP contribution in [-0.2, 0) is 12.8 Å². The van der Waals surface area contributed by atoms with Gasteiger partial charge >= 0.3 is 0 Å². The molecule has 7 heteroatoms. The summed E-state index contributed by atoms with van der Waals surface area (Å²) in [6.07, 6.45) is 2.62. The minimum absolute atomic E-state index is 0.796. The Balaban J connectivity index is 1.26. The number of nitrogens with one attached hydrogen (secondary N) is 1. The number of aryl methyl sites for hydroxylation is 1. The van der Waals surface area contributed by atoms with E-state index in [1.54, 1.807) is 23.1 Å².